The standard InChI is InChI=1S/C15H14BrClO/c1-15(18,12-5-7-13(16)8-6-12)10-11-3-2-4-14(17)9-11/h2-9,18H,10H2,1H3. The monoisotopic (exact) mass is 324 g/mol. The highest BCUT2D eigenvalue weighted by molar-refractivity contribution is 9.10. The zero-order valence-corrected chi connectivity index (χ0v) is 12.4. The molecule has 1 nitrogen and oxygen atoms in total. The zero-order chi connectivity index (χ0) is 13.2. The molecule has 0 amide bonds. The summed E-state index contributed by atoms with van der Waals surface area (Å²) in [6.07, 6.45) is 0.537. The van der Waals surface area contributed by atoms with Gasteiger partial charge in [-0.15, -0.1) is 0 Å². The van der Waals surface area contributed by atoms with Crippen molar-refractivity contribution in [3.63, 3.8) is 0 Å². The van der Waals surface area contributed by atoms with Gasteiger partial charge < -0.3 is 5.11 Å². The van der Waals surface area contributed by atoms with Crippen LogP contribution in [-0.4, -0.2) is 5.11 Å². The van der Waals surface area contributed by atoms with E-state index in [0.29, 0.717) is 11.4 Å². The maximum absolute atomic E-state index is 10.6. The Morgan fingerprint density at radius 1 is 1.17 bits per heavy atom. The molecule has 2 rings (SSSR count). The highest BCUT2D eigenvalue weighted by Crippen LogP contribution is 2.27. The van der Waals surface area contributed by atoms with E-state index in [2.05, 4.69) is 15.9 Å². The fraction of sp³-hybridized carbons (Fsp3) is 0.200. The van der Waals surface area contributed by atoms with E-state index in [1.165, 1.54) is 0 Å². The molecule has 0 heterocycles. The van der Waals surface area contributed by atoms with Crippen LogP contribution >= 0.6 is 27.5 Å². The van der Waals surface area contributed by atoms with Gasteiger partial charge in [0.05, 0.1) is 5.60 Å². The maximum Gasteiger partial charge on any atom is 0.0908 e. The van der Waals surface area contributed by atoms with Crippen molar-refractivity contribution in [2.75, 3.05) is 0 Å². The van der Waals surface area contributed by atoms with Crippen molar-refractivity contribution in [1.82, 2.24) is 0 Å². The normalized spacial score (nSPS) is 14.2. The van der Waals surface area contributed by atoms with Crippen molar-refractivity contribution in [2.24, 2.45) is 0 Å². The first kappa shape index (κ1) is 13.6. The van der Waals surface area contributed by atoms with E-state index < -0.39 is 5.60 Å². The second kappa shape index (κ2) is 5.43. The van der Waals surface area contributed by atoms with Gasteiger partial charge in [0.1, 0.15) is 0 Å². The Bertz CT molecular complexity index is 534. The van der Waals surface area contributed by atoms with Gasteiger partial charge in [0, 0.05) is 15.9 Å². The van der Waals surface area contributed by atoms with Crippen molar-refractivity contribution in [3.05, 3.63) is 69.2 Å². The zero-order valence-electron chi connectivity index (χ0n) is 10.0. The Kier molecular flexibility index (Phi) is 4.10. The highest BCUT2D eigenvalue weighted by Gasteiger charge is 2.23. The van der Waals surface area contributed by atoms with Crippen LogP contribution in [0.2, 0.25) is 5.02 Å². The summed E-state index contributed by atoms with van der Waals surface area (Å²) < 4.78 is 1.00. The SMILES string of the molecule is CC(O)(Cc1cccc(Cl)c1)c1ccc(Br)cc1. The minimum atomic E-state index is -0.897. The van der Waals surface area contributed by atoms with Crippen molar-refractivity contribution in [3.8, 4) is 0 Å². The molecular formula is C15H14BrClO. The molecule has 0 saturated heterocycles. The number of benzene rings is 2. The fourth-order valence-corrected chi connectivity index (χ4v) is 2.43. The van der Waals surface area contributed by atoms with Crippen LogP contribution in [0.5, 0.6) is 0 Å². The second-order valence-corrected chi connectivity index (χ2v) is 5.94. The molecule has 94 valence electrons. The van der Waals surface area contributed by atoms with Gasteiger partial charge in [0.2, 0.25) is 0 Å². The van der Waals surface area contributed by atoms with Crippen LogP contribution in [0.15, 0.2) is 53.0 Å². The van der Waals surface area contributed by atoms with Crippen molar-refractivity contribution in [2.45, 2.75) is 18.9 Å². The van der Waals surface area contributed by atoms with E-state index in [1.54, 1.807) is 0 Å². The summed E-state index contributed by atoms with van der Waals surface area (Å²) in [6, 6.07) is 15.3. The molecule has 0 spiro atoms. The Labute approximate surface area is 121 Å². The van der Waals surface area contributed by atoms with Gasteiger partial charge in [-0.1, -0.05) is 51.8 Å². The predicted molar refractivity (Wildman–Crippen MR) is 78.9 cm³/mol. The smallest absolute Gasteiger partial charge is 0.0908 e. The Morgan fingerprint density at radius 3 is 2.44 bits per heavy atom. The molecule has 2 aromatic carbocycles. The molecular weight excluding hydrogens is 312 g/mol. The topological polar surface area (TPSA) is 20.2 Å². The van der Waals surface area contributed by atoms with Crippen LogP contribution in [0.1, 0.15) is 18.1 Å². The fourth-order valence-electron chi connectivity index (χ4n) is 1.96. The van der Waals surface area contributed by atoms with Gasteiger partial charge in [-0.05, 0) is 42.3 Å². The molecule has 1 N–H and O–H groups in total. The van der Waals surface area contributed by atoms with Gasteiger partial charge in [-0.25, -0.2) is 0 Å². The molecule has 0 fully saturated rings. The molecule has 0 aromatic heterocycles. The summed E-state index contributed by atoms with van der Waals surface area (Å²) in [5, 5.41) is 11.3. The third-order valence-electron chi connectivity index (χ3n) is 2.90. The first-order valence-corrected chi connectivity index (χ1v) is 6.87. The van der Waals surface area contributed by atoms with Gasteiger partial charge in [0.25, 0.3) is 0 Å². The molecule has 1 unspecified atom stereocenters. The molecule has 0 saturated carbocycles. The van der Waals surface area contributed by atoms with Crippen molar-refractivity contribution < 1.29 is 5.11 Å². The van der Waals surface area contributed by atoms with E-state index >= 15 is 0 Å². The molecule has 2 aromatic rings. The lowest BCUT2D eigenvalue weighted by Crippen LogP contribution is -2.24. The summed E-state index contributed by atoms with van der Waals surface area (Å²) in [7, 11) is 0. The van der Waals surface area contributed by atoms with Gasteiger partial charge in [-0.2, -0.15) is 0 Å². The average molecular weight is 326 g/mol. The van der Waals surface area contributed by atoms with Gasteiger partial charge in [0.15, 0.2) is 0 Å². The molecule has 0 radical (unpaired) electrons. The van der Waals surface area contributed by atoms with Crippen molar-refractivity contribution >= 4 is 27.5 Å². The number of aliphatic hydroxyl groups is 1. The van der Waals surface area contributed by atoms with Crippen LogP contribution in [0.4, 0.5) is 0 Å². The first-order chi connectivity index (χ1) is 8.47. The number of hydrogen-bond acceptors (Lipinski definition) is 1. The van der Waals surface area contributed by atoms with E-state index in [9.17, 15) is 5.11 Å². The average Bonchev–Trinajstić information content (AvgIpc) is 2.29. The lowest BCUT2D eigenvalue weighted by molar-refractivity contribution is 0.0576. The minimum Gasteiger partial charge on any atom is -0.385 e. The number of hydrogen-bond donors (Lipinski definition) is 1. The summed E-state index contributed by atoms with van der Waals surface area (Å²) in [6.45, 7) is 1.82. The molecule has 1 atom stereocenters. The Morgan fingerprint density at radius 2 is 1.83 bits per heavy atom. The number of rotatable bonds is 3. The maximum atomic E-state index is 10.6. The molecule has 0 aliphatic rings. The van der Waals surface area contributed by atoms with Crippen LogP contribution in [0.3, 0.4) is 0 Å². The van der Waals surface area contributed by atoms with E-state index in [1.807, 2.05) is 55.5 Å². The first-order valence-electron chi connectivity index (χ1n) is 5.70. The van der Waals surface area contributed by atoms with E-state index in [-0.39, 0.29) is 0 Å². The van der Waals surface area contributed by atoms with Gasteiger partial charge in [-0.3, -0.25) is 0 Å². The summed E-state index contributed by atoms with van der Waals surface area (Å²) in [4.78, 5) is 0. The van der Waals surface area contributed by atoms with E-state index in [4.69, 9.17) is 11.6 Å². The third-order valence-corrected chi connectivity index (χ3v) is 3.67. The summed E-state index contributed by atoms with van der Waals surface area (Å²) in [5.74, 6) is 0. The largest absolute Gasteiger partial charge is 0.385 e. The van der Waals surface area contributed by atoms with E-state index in [0.717, 1.165) is 15.6 Å². The summed E-state index contributed by atoms with van der Waals surface area (Å²) in [5.41, 5.74) is 1.02. The second-order valence-electron chi connectivity index (χ2n) is 4.59. The summed E-state index contributed by atoms with van der Waals surface area (Å²) >= 11 is 9.34. The lowest BCUT2D eigenvalue weighted by atomic mass is 9.89. The highest BCUT2D eigenvalue weighted by atomic mass is 79.9. The predicted octanol–water partition coefficient (Wildman–Crippen LogP) is 4.55. The third kappa shape index (κ3) is 3.35. The Balaban J connectivity index is 2.23. The van der Waals surface area contributed by atoms with Crippen LogP contribution in [0.25, 0.3) is 0 Å². The van der Waals surface area contributed by atoms with Crippen LogP contribution in [-0.2, 0) is 12.0 Å². The lowest BCUT2D eigenvalue weighted by Gasteiger charge is -2.24. The molecule has 0 aliphatic carbocycles. The molecule has 18 heavy (non-hydrogen) atoms. The van der Waals surface area contributed by atoms with Crippen molar-refractivity contribution in [1.29, 1.82) is 0 Å². The quantitative estimate of drug-likeness (QED) is 0.877. The molecule has 0 bridgehead atoms. The molecule has 3 heteroatoms. The minimum absolute atomic E-state index is 0.537. The van der Waals surface area contributed by atoms with Gasteiger partial charge >= 0.3 is 0 Å². The molecule has 0 aliphatic heterocycles. The number of halogens is 2. The van der Waals surface area contributed by atoms with Crippen LogP contribution < -0.4 is 0 Å². The van der Waals surface area contributed by atoms with Crippen LogP contribution in [0, 0.1) is 0 Å². The Hall–Kier alpha value is -0.830.